The molecule has 0 spiro atoms. The molecule has 8 nitrogen and oxygen atoms in total. The van der Waals surface area contributed by atoms with Crippen molar-refractivity contribution in [3.63, 3.8) is 0 Å². The van der Waals surface area contributed by atoms with E-state index in [0.717, 1.165) is 11.1 Å². The number of benzene rings is 2. The zero-order valence-electron chi connectivity index (χ0n) is 20.3. The number of nitrogens with one attached hydrogen (secondary N) is 3. The lowest BCUT2D eigenvalue weighted by Gasteiger charge is -2.24. The molecule has 0 aliphatic carbocycles. The standard InChI is InChI=1S/C26H35N3O5/c1-19(21-14-9-6-10-15-21)28-23(30)22(29-25(32)34-26(2,3)4)16-11-17-27-24(31)33-18-20-12-7-5-8-13-20/h5-10,12-15,19,22H,11,16-18H2,1-4H3,(H,27,31)(H,28,30)(H,29,32)/t19-,22-/m1/s1. The van der Waals surface area contributed by atoms with Gasteiger partial charge in [0.1, 0.15) is 18.2 Å². The highest BCUT2D eigenvalue weighted by molar-refractivity contribution is 5.86. The van der Waals surface area contributed by atoms with Crippen LogP contribution in [0.25, 0.3) is 0 Å². The molecule has 2 rings (SSSR count). The number of alkyl carbamates (subject to hydrolysis) is 2. The highest BCUT2D eigenvalue weighted by Crippen LogP contribution is 2.13. The normalized spacial score (nSPS) is 12.7. The number of hydrogen-bond donors (Lipinski definition) is 3. The van der Waals surface area contributed by atoms with Crippen LogP contribution in [-0.2, 0) is 20.9 Å². The van der Waals surface area contributed by atoms with Crippen molar-refractivity contribution in [3.8, 4) is 0 Å². The molecule has 34 heavy (non-hydrogen) atoms. The fourth-order valence-corrected chi connectivity index (χ4v) is 3.13. The van der Waals surface area contributed by atoms with Gasteiger partial charge in [-0.15, -0.1) is 0 Å². The van der Waals surface area contributed by atoms with E-state index in [0.29, 0.717) is 19.4 Å². The van der Waals surface area contributed by atoms with E-state index in [1.165, 1.54) is 0 Å². The number of hydrogen-bond acceptors (Lipinski definition) is 5. The Hall–Kier alpha value is -3.55. The van der Waals surface area contributed by atoms with E-state index in [2.05, 4.69) is 16.0 Å². The Bertz CT molecular complexity index is 913. The lowest BCUT2D eigenvalue weighted by molar-refractivity contribution is -0.124. The van der Waals surface area contributed by atoms with Crippen molar-refractivity contribution in [3.05, 3.63) is 71.8 Å². The summed E-state index contributed by atoms with van der Waals surface area (Å²) in [5.41, 5.74) is 1.16. The van der Waals surface area contributed by atoms with Gasteiger partial charge < -0.3 is 25.4 Å². The summed E-state index contributed by atoms with van der Waals surface area (Å²) in [6, 6.07) is 17.9. The van der Waals surface area contributed by atoms with Gasteiger partial charge in [-0.2, -0.15) is 0 Å². The molecule has 0 aromatic heterocycles. The average molecular weight is 470 g/mol. The van der Waals surface area contributed by atoms with Crippen molar-refractivity contribution in [1.82, 2.24) is 16.0 Å². The monoisotopic (exact) mass is 469 g/mol. The topological polar surface area (TPSA) is 106 Å². The van der Waals surface area contributed by atoms with Gasteiger partial charge >= 0.3 is 12.2 Å². The number of amides is 3. The Labute approximate surface area is 201 Å². The molecule has 0 bridgehead atoms. The van der Waals surface area contributed by atoms with Crippen LogP contribution >= 0.6 is 0 Å². The molecule has 0 radical (unpaired) electrons. The summed E-state index contributed by atoms with van der Waals surface area (Å²) >= 11 is 0. The second-order valence-electron chi connectivity index (χ2n) is 8.97. The maximum Gasteiger partial charge on any atom is 0.408 e. The highest BCUT2D eigenvalue weighted by Gasteiger charge is 2.25. The Morgan fingerprint density at radius 1 is 0.882 bits per heavy atom. The third-order valence-corrected chi connectivity index (χ3v) is 4.82. The summed E-state index contributed by atoms with van der Waals surface area (Å²) in [7, 11) is 0. The van der Waals surface area contributed by atoms with E-state index in [1.54, 1.807) is 20.8 Å². The van der Waals surface area contributed by atoms with Crippen LogP contribution in [0.1, 0.15) is 57.7 Å². The molecule has 3 N–H and O–H groups in total. The largest absolute Gasteiger partial charge is 0.445 e. The van der Waals surface area contributed by atoms with Crippen LogP contribution < -0.4 is 16.0 Å². The van der Waals surface area contributed by atoms with Gasteiger partial charge in [0, 0.05) is 6.54 Å². The van der Waals surface area contributed by atoms with E-state index in [-0.39, 0.29) is 18.6 Å². The first-order valence-corrected chi connectivity index (χ1v) is 11.4. The number of carbonyl (C=O) groups excluding carboxylic acids is 3. The maximum absolute atomic E-state index is 12.9. The summed E-state index contributed by atoms with van der Waals surface area (Å²) in [6.07, 6.45) is -0.447. The van der Waals surface area contributed by atoms with Gasteiger partial charge in [-0.05, 0) is 51.7 Å². The molecule has 0 aliphatic heterocycles. The van der Waals surface area contributed by atoms with Crippen LogP contribution in [0.3, 0.4) is 0 Å². The molecule has 8 heteroatoms. The van der Waals surface area contributed by atoms with E-state index < -0.39 is 23.8 Å². The molecule has 0 aliphatic rings. The van der Waals surface area contributed by atoms with E-state index in [1.807, 2.05) is 67.6 Å². The van der Waals surface area contributed by atoms with Crippen molar-refractivity contribution in [2.24, 2.45) is 0 Å². The fraction of sp³-hybridized carbons (Fsp3) is 0.423. The first-order chi connectivity index (χ1) is 16.1. The van der Waals surface area contributed by atoms with Gasteiger partial charge in [0.2, 0.25) is 5.91 Å². The van der Waals surface area contributed by atoms with Crippen LogP contribution in [0, 0.1) is 0 Å². The second-order valence-corrected chi connectivity index (χ2v) is 8.97. The molecule has 0 saturated carbocycles. The summed E-state index contributed by atoms with van der Waals surface area (Å²) in [6.45, 7) is 7.61. The zero-order chi connectivity index (χ0) is 25.0. The summed E-state index contributed by atoms with van der Waals surface area (Å²) in [5.74, 6) is -0.325. The summed E-state index contributed by atoms with van der Waals surface area (Å²) in [4.78, 5) is 37.1. The van der Waals surface area contributed by atoms with Gasteiger partial charge in [-0.25, -0.2) is 9.59 Å². The molecule has 0 unspecified atom stereocenters. The van der Waals surface area contributed by atoms with Gasteiger partial charge in [0.25, 0.3) is 0 Å². The lowest BCUT2D eigenvalue weighted by atomic mass is 10.1. The Morgan fingerprint density at radius 3 is 2.12 bits per heavy atom. The van der Waals surface area contributed by atoms with Crippen molar-refractivity contribution in [1.29, 1.82) is 0 Å². The van der Waals surface area contributed by atoms with Crippen LogP contribution in [0.15, 0.2) is 60.7 Å². The fourth-order valence-electron chi connectivity index (χ4n) is 3.13. The highest BCUT2D eigenvalue weighted by atomic mass is 16.6. The lowest BCUT2D eigenvalue weighted by Crippen LogP contribution is -2.49. The predicted molar refractivity (Wildman–Crippen MR) is 130 cm³/mol. The van der Waals surface area contributed by atoms with Crippen LogP contribution in [0.2, 0.25) is 0 Å². The molecule has 2 atom stereocenters. The minimum Gasteiger partial charge on any atom is -0.445 e. The van der Waals surface area contributed by atoms with Crippen LogP contribution in [0.5, 0.6) is 0 Å². The van der Waals surface area contributed by atoms with Crippen molar-refractivity contribution >= 4 is 18.1 Å². The van der Waals surface area contributed by atoms with Crippen molar-refractivity contribution in [2.45, 2.75) is 64.8 Å². The molecule has 0 heterocycles. The molecule has 3 amide bonds. The Kier molecular flexibility index (Phi) is 10.4. The van der Waals surface area contributed by atoms with Crippen LogP contribution in [0.4, 0.5) is 9.59 Å². The smallest absolute Gasteiger partial charge is 0.408 e. The van der Waals surface area contributed by atoms with Gasteiger partial charge in [0.05, 0.1) is 6.04 Å². The van der Waals surface area contributed by atoms with Gasteiger partial charge in [0.15, 0.2) is 0 Å². The number of ether oxygens (including phenoxy) is 2. The molecular formula is C26H35N3O5. The molecule has 2 aromatic carbocycles. The molecule has 184 valence electrons. The van der Waals surface area contributed by atoms with Crippen molar-refractivity contribution in [2.75, 3.05) is 6.54 Å². The van der Waals surface area contributed by atoms with Gasteiger partial charge in [-0.3, -0.25) is 4.79 Å². The third kappa shape index (κ3) is 10.4. The third-order valence-electron chi connectivity index (χ3n) is 4.82. The van der Waals surface area contributed by atoms with Crippen LogP contribution in [-0.4, -0.2) is 36.3 Å². The Morgan fingerprint density at radius 2 is 1.50 bits per heavy atom. The maximum atomic E-state index is 12.9. The summed E-state index contributed by atoms with van der Waals surface area (Å²) < 4.78 is 10.5. The average Bonchev–Trinajstić information content (AvgIpc) is 2.79. The molecule has 0 saturated heterocycles. The minimum atomic E-state index is -0.817. The van der Waals surface area contributed by atoms with Crippen molar-refractivity contribution < 1.29 is 23.9 Å². The van der Waals surface area contributed by atoms with E-state index in [4.69, 9.17) is 9.47 Å². The SMILES string of the molecule is C[C@@H](NC(=O)[C@@H](CCCNC(=O)OCc1ccccc1)NC(=O)OC(C)(C)C)c1ccccc1. The Balaban J connectivity index is 1.86. The predicted octanol–water partition coefficient (Wildman–Crippen LogP) is 4.46. The molecule has 2 aromatic rings. The first-order valence-electron chi connectivity index (χ1n) is 11.4. The zero-order valence-corrected chi connectivity index (χ0v) is 20.3. The van der Waals surface area contributed by atoms with Gasteiger partial charge in [-0.1, -0.05) is 60.7 Å². The van der Waals surface area contributed by atoms with E-state index >= 15 is 0 Å². The summed E-state index contributed by atoms with van der Waals surface area (Å²) in [5, 5.41) is 8.25. The minimum absolute atomic E-state index is 0.176. The number of carbonyl (C=O) groups is 3. The first kappa shape index (κ1) is 26.7. The molecular weight excluding hydrogens is 434 g/mol. The number of rotatable bonds is 10. The second kappa shape index (κ2) is 13.2. The van der Waals surface area contributed by atoms with E-state index in [9.17, 15) is 14.4 Å². The molecule has 0 fully saturated rings. The quantitative estimate of drug-likeness (QED) is 0.446.